The molecule has 7 unspecified atom stereocenters. The van der Waals surface area contributed by atoms with E-state index in [1.807, 2.05) is 16.9 Å². The average Bonchev–Trinajstić information content (AvgIpc) is 3.26. The van der Waals surface area contributed by atoms with Crippen LogP contribution in [0.4, 0.5) is 0 Å². The van der Waals surface area contributed by atoms with E-state index in [2.05, 4.69) is 31.9 Å². The van der Waals surface area contributed by atoms with E-state index in [0.717, 1.165) is 55.8 Å². The Kier molecular flexibility index (Phi) is 4.58. The summed E-state index contributed by atoms with van der Waals surface area (Å²) in [7, 11) is 0. The lowest BCUT2D eigenvalue weighted by atomic mass is 9.45. The first-order valence-electron chi connectivity index (χ1n) is 11.8. The van der Waals surface area contributed by atoms with E-state index in [4.69, 9.17) is 0 Å². The molecule has 7 atom stereocenters. The lowest BCUT2D eigenvalue weighted by Crippen LogP contribution is -2.54. The van der Waals surface area contributed by atoms with E-state index >= 15 is 0 Å². The van der Waals surface area contributed by atoms with Gasteiger partial charge in [0, 0.05) is 18.2 Å². The number of carbonyl (C=O) groups excluding carboxylic acids is 1. The number of allylic oxidation sites excluding steroid dienone is 1. The van der Waals surface area contributed by atoms with Gasteiger partial charge in [-0.15, -0.1) is 0 Å². The van der Waals surface area contributed by atoms with Crippen molar-refractivity contribution < 1.29 is 9.90 Å². The largest absolute Gasteiger partial charge is 0.393 e. The van der Waals surface area contributed by atoms with Crippen molar-refractivity contribution in [1.82, 2.24) is 9.78 Å². The number of hydrogen-bond acceptors (Lipinski definition) is 3. The highest BCUT2D eigenvalue weighted by Gasteiger charge is 2.61. The number of rotatable bonds is 2. The number of aryl methyl sites for hydroxylation is 1. The van der Waals surface area contributed by atoms with Crippen LogP contribution in [0.2, 0.25) is 0 Å². The number of aliphatic hydroxyl groups excluding tert-OH is 1. The minimum Gasteiger partial charge on any atom is -0.393 e. The number of carbonyl (C=O) groups is 1. The lowest BCUT2D eigenvalue weighted by molar-refractivity contribution is -0.141. The Labute approximate surface area is 174 Å². The maximum atomic E-state index is 13.5. The van der Waals surface area contributed by atoms with E-state index < -0.39 is 0 Å². The molecule has 0 bridgehead atoms. The second-order valence-electron chi connectivity index (χ2n) is 10.8. The predicted molar refractivity (Wildman–Crippen MR) is 114 cm³/mol. The van der Waals surface area contributed by atoms with Crippen molar-refractivity contribution in [1.29, 1.82) is 0 Å². The summed E-state index contributed by atoms with van der Waals surface area (Å²) in [4.78, 5) is 13.5. The summed E-state index contributed by atoms with van der Waals surface area (Å²) in [5.74, 6) is 2.92. The first kappa shape index (κ1) is 19.5. The molecule has 1 heterocycles. The fraction of sp³-hybridized carbons (Fsp3) is 0.760. The van der Waals surface area contributed by atoms with Gasteiger partial charge in [0.1, 0.15) is 0 Å². The monoisotopic (exact) mass is 396 g/mol. The Hall–Kier alpha value is -1.42. The van der Waals surface area contributed by atoms with Crippen LogP contribution in [-0.4, -0.2) is 26.8 Å². The fourth-order valence-corrected chi connectivity index (χ4v) is 7.84. The normalized spacial score (nSPS) is 45.7. The minimum atomic E-state index is -0.183. The second kappa shape index (κ2) is 6.80. The Morgan fingerprint density at radius 3 is 2.79 bits per heavy atom. The minimum absolute atomic E-state index is 0.0935. The summed E-state index contributed by atoms with van der Waals surface area (Å²) in [5.41, 5.74) is 2.10. The quantitative estimate of drug-likeness (QED) is 0.726. The van der Waals surface area contributed by atoms with Crippen LogP contribution < -0.4 is 0 Å². The zero-order chi connectivity index (χ0) is 20.4. The molecular formula is C25H36N2O2. The Morgan fingerprint density at radius 2 is 2.03 bits per heavy atom. The zero-order valence-electron chi connectivity index (χ0n) is 18.2. The fourth-order valence-electron chi connectivity index (χ4n) is 7.84. The molecule has 1 aromatic rings. The summed E-state index contributed by atoms with van der Waals surface area (Å²) in [5, 5.41) is 14.8. The van der Waals surface area contributed by atoms with Gasteiger partial charge in [0.2, 0.25) is 0 Å². The highest BCUT2D eigenvalue weighted by atomic mass is 16.3. The van der Waals surface area contributed by atoms with E-state index in [-0.39, 0.29) is 11.5 Å². The van der Waals surface area contributed by atoms with Gasteiger partial charge in [-0.25, -0.2) is 0 Å². The SMILES string of the molecule is CCn1ccc(/C=C2/CC3C4CCC5CC(O)CCC5(C)C4CCC3(C)C2=O)n1. The van der Waals surface area contributed by atoms with Gasteiger partial charge in [0.05, 0.1) is 11.8 Å². The molecule has 4 fully saturated rings. The van der Waals surface area contributed by atoms with Crippen LogP contribution >= 0.6 is 0 Å². The summed E-state index contributed by atoms with van der Waals surface area (Å²) < 4.78 is 1.93. The van der Waals surface area contributed by atoms with Crippen molar-refractivity contribution in [3.63, 3.8) is 0 Å². The van der Waals surface area contributed by atoms with Crippen LogP contribution in [0.3, 0.4) is 0 Å². The van der Waals surface area contributed by atoms with E-state index in [1.54, 1.807) is 0 Å². The highest BCUT2D eigenvalue weighted by molar-refractivity contribution is 6.05. The van der Waals surface area contributed by atoms with Gasteiger partial charge >= 0.3 is 0 Å². The van der Waals surface area contributed by atoms with Crippen molar-refractivity contribution in [2.24, 2.45) is 34.5 Å². The molecule has 4 nitrogen and oxygen atoms in total. The molecule has 158 valence electrons. The van der Waals surface area contributed by atoms with Gasteiger partial charge < -0.3 is 5.11 Å². The molecule has 0 amide bonds. The third-order valence-electron chi connectivity index (χ3n) is 9.59. The molecule has 1 N–H and O–H groups in total. The van der Waals surface area contributed by atoms with Gasteiger partial charge in [0.15, 0.2) is 5.78 Å². The van der Waals surface area contributed by atoms with E-state index in [0.29, 0.717) is 29.0 Å². The molecule has 1 aromatic heterocycles. The Bertz CT molecular complexity index is 842. The summed E-state index contributed by atoms with van der Waals surface area (Å²) in [6.07, 6.45) is 12.7. The maximum Gasteiger partial charge on any atom is 0.165 e. The number of aliphatic hydroxyl groups is 1. The molecule has 4 aliphatic carbocycles. The van der Waals surface area contributed by atoms with Crippen molar-refractivity contribution in [3.05, 3.63) is 23.5 Å². The van der Waals surface area contributed by atoms with E-state index in [9.17, 15) is 9.90 Å². The molecule has 0 radical (unpaired) electrons. The smallest absolute Gasteiger partial charge is 0.165 e. The van der Waals surface area contributed by atoms with Crippen LogP contribution in [0, 0.1) is 34.5 Å². The second-order valence-corrected chi connectivity index (χ2v) is 10.8. The number of fused-ring (bicyclic) bond motifs is 5. The van der Waals surface area contributed by atoms with Crippen LogP contribution in [0.25, 0.3) is 6.08 Å². The first-order chi connectivity index (χ1) is 13.8. The van der Waals surface area contributed by atoms with Gasteiger partial charge in [-0.2, -0.15) is 5.10 Å². The average molecular weight is 397 g/mol. The topological polar surface area (TPSA) is 55.1 Å². The van der Waals surface area contributed by atoms with Crippen molar-refractivity contribution in [2.45, 2.75) is 84.8 Å². The molecule has 0 spiro atoms. The van der Waals surface area contributed by atoms with Gasteiger partial charge in [0.25, 0.3) is 0 Å². The molecule has 5 rings (SSSR count). The van der Waals surface area contributed by atoms with E-state index in [1.165, 1.54) is 19.3 Å². The molecule has 4 aliphatic rings. The van der Waals surface area contributed by atoms with Crippen LogP contribution in [0.5, 0.6) is 0 Å². The molecule has 4 heteroatoms. The Balaban J connectivity index is 1.43. The van der Waals surface area contributed by atoms with Gasteiger partial charge in [-0.1, -0.05) is 13.8 Å². The van der Waals surface area contributed by atoms with Crippen LogP contribution in [-0.2, 0) is 11.3 Å². The maximum absolute atomic E-state index is 13.5. The summed E-state index contributed by atoms with van der Waals surface area (Å²) in [6.45, 7) is 7.70. The first-order valence-corrected chi connectivity index (χ1v) is 11.8. The molecule has 0 aromatic carbocycles. The molecule has 4 saturated carbocycles. The number of nitrogens with zero attached hydrogens (tertiary/aromatic N) is 2. The number of ketones is 1. The van der Waals surface area contributed by atoms with Crippen molar-refractivity contribution in [3.8, 4) is 0 Å². The van der Waals surface area contributed by atoms with Crippen LogP contribution in [0.1, 0.15) is 77.8 Å². The summed E-state index contributed by atoms with van der Waals surface area (Å²) >= 11 is 0. The van der Waals surface area contributed by atoms with Gasteiger partial charge in [-0.05, 0) is 105 Å². The van der Waals surface area contributed by atoms with Crippen molar-refractivity contribution >= 4 is 11.9 Å². The standard InChI is InChI=1S/C25H36N2O2/c1-4-27-12-9-18(26-27)13-16-14-22-20-6-5-17-15-19(28)7-10-24(17,2)21(20)8-11-25(22,3)23(16)29/h9,12-13,17,19-22,28H,4-8,10-11,14-15H2,1-3H3/b16-13-. The van der Waals surface area contributed by atoms with Crippen molar-refractivity contribution in [2.75, 3.05) is 0 Å². The third-order valence-corrected chi connectivity index (χ3v) is 9.59. The molecule has 0 saturated heterocycles. The molecule has 0 aliphatic heterocycles. The number of Topliss-reactive ketones (excluding diaryl/α,β-unsaturated/α-hetero) is 1. The van der Waals surface area contributed by atoms with Crippen LogP contribution in [0.15, 0.2) is 17.8 Å². The summed E-state index contributed by atoms with van der Waals surface area (Å²) in [6, 6.07) is 2.02. The number of aromatic nitrogens is 2. The lowest BCUT2D eigenvalue weighted by Gasteiger charge is -2.59. The molecule has 29 heavy (non-hydrogen) atoms. The number of hydrogen-bond donors (Lipinski definition) is 1. The third kappa shape index (κ3) is 2.89. The molecular weight excluding hydrogens is 360 g/mol. The Morgan fingerprint density at radius 1 is 1.21 bits per heavy atom. The zero-order valence-corrected chi connectivity index (χ0v) is 18.2. The predicted octanol–water partition coefficient (Wildman–Crippen LogP) is 4.87. The van der Waals surface area contributed by atoms with Gasteiger partial charge in [-0.3, -0.25) is 9.48 Å². The highest BCUT2D eigenvalue weighted by Crippen LogP contribution is 2.66.